The van der Waals surface area contributed by atoms with Gasteiger partial charge in [0.1, 0.15) is 5.69 Å². The topological polar surface area (TPSA) is 110 Å². The highest BCUT2D eigenvalue weighted by atomic mass is 16.4. The maximum Gasteiger partial charge on any atom is 0.358 e. The van der Waals surface area contributed by atoms with Crippen LogP contribution >= 0.6 is 0 Å². The van der Waals surface area contributed by atoms with Crippen LogP contribution in [0.1, 0.15) is 21.9 Å². The zero-order valence-electron chi connectivity index (χ0n) is 7.88. The summed E-state index contributed by atoms with van der Waals surface area (Å²) in [5, 5.41) is 26.0. The Morgan fingerprint density at radius 2 is 2.40 bits per heavy atom. The van der Waals surface area contributed by atoms with Gasteiger partial charge in [0, 0.05) is 0 Å². The molecule has 0 amide bonds. The summed E-state index contributed by atoms with van der Waals surface area (Å²) in [5.74, 6) is -1.10. The Morgan fingerprint density at radius 3 is 2.93 bits per heavy atom. The number of nitrogens with zero attached hydrogens (tertiary/aromatic N) is 5. The standard InChI is InChI=1S/C7H8N6O2/c1-4-5(9-11-8-4)2-13-3-6(7(14)15)10-12-13/h3H,2H2,1H3,(H,14,15)(H,8,9,11). The van der Waals surface area contributed by atoms with E-state index in [2.05, 4.69) is 25.7 Å². The average Bonchev–Trinajstić information content (AvgIpc) is 2.77. The van der Waals surface area contributed by atoms with E-state index in [0.717, 1.165) is 5.69 Å². The van der Waals surface area contributed by atoms with Crippen molar-refractivity contribution in [2.24, 2.45) is 0 Å². The van der Waals surface area contributed by atoms with E-state index in [4.69, 9.17) is 5.11 Å². The van der Waals surface area contributed by atoms with Gasteiger partial charge in [-0.05, 0) is 6.92 Å². The molecule has 0 fully saturated rings. The molecule has 2 aromatic heterocycles. The van der Waals surface area contributed by atoms with Crippen molar-refractivity contribution in [1.82, 2.24) is 30.4 Å². The molecule has 78 valence electrons. The molecule has 0 unspecified atom stereocenters. The van der Waals surface area contributed by atoms with Gasteiger partial charge < -0.3 is 5.11 Å². The highest BCUT2D eigenvalue weighted by Crippen LogP contribution is 2.01. The zero-order chi connectivity index (χ0) is 10.8. The van der Waals surface area contributed by atoms with Gasteiger partial charge in [0.15, 0.2) is 5.69 Å². The first-order chi connectivity index (χ1) is 7.16. The fourth-order valence-electron chi connectivity index (χ4n) is 1.08. The Hall–Kier alpha value is -2.25. The van der Waals surface area contributed by atoms with E-state index in [1.807, 2.05) is 0 Å². The number of aromatic nitrogens is 6. The fourth-order valence-corrected chi connectivity index (χ4v) is 1.08. The van der Waals surface area contributed by atoms with Gasteiger partial charge in [0.05, 0.1) is 18.4 Å². The van der Waals surface area contributed by atoms with Crippen molar-refractivity contribution in [2.75, 3.05) is 0 Å². The molecule has 0 spiro atoms. The minimum Gasteiger partial charge on any atom is -0.476 e. The Bertz CT molecular complexity index is 487. The summed E-state index contributed by atoms with van der Waals surface area (Å²) < 4.78 is 1.40. The number of aromatic carboxylic acids is 1. The first-order valence-corrected chi connectivity index (χ1v) is 4.16. The van der Waals surface area contributed by atoms with Crippen LogP contribution < -0.4 is 0 Å². The van der Waals surface area contributed by atoms with Crippen molar-refractivity contribution >= 4 is 5.97 Å². The first kappa shape index (κ1) is 9.31. The molecular formula is C7H8N6O2. The van der Waals surface area contributed by atoms with Crippen LogP contribution in [-0.4, -0.2) is 41.5 Å². The summed E-state index contributed by atoms with van der Waals surface area (Å²) in [6, 6.07) is 0. The summed E-state index contributed by atoms with van der Waals surface area (Å²) in [6.45, 7) is 2.15. The van der Waals surface area contributed by atoms with Crippen molar-refractivity contribution in [3.63, 3.8) is 0 Å². The van der Waals surface area contributed by atoms with Crippen molar-refractivity contribution in [3.8, 4) is 0 Å². The Morgan fingerprint density at radius 1 is 1.60 bits per heavy atom. The minimum atomic E-state index is -1.10. The summed E-state index contributed by atoms with van der Waals surface area (Å²) in [5.41, 5.74) is 1.37. The minimum absolute atomic E-state index is 0.0869. The third kappa shape index (κ3) is 1.82. The maximum absolute atomic E-state index is 10.5. The van der Waals surface area contributed by atoms with Gasteiger partial charge in [-0.25, -0.2) is 9.48 Å². The van der Waals surface area contributed by atoms with E-state index in [9.17, 15) is 4.79 Å². The van der Waals surface area contributed by atoms with Gasteiger partial charge in [-0.2, -0.15) is 15.4 Å². The Kier molecular flexibility index (Phi) is 2.16. The van der Waals surface area contributed by atoms with Gasteiger partial charge in [-0.1, -0.05) is 5.21 Å². The summed E-state index contributed by atoms with van der Waals surface area (Å²) in [7, 11) is 0. The number of rotatable bonds is 3. The molecule has 2 rings (SSSR count). The molecule has 2 aromatic rings. The van der Waals surface area contributed by atoms with Crippen LogP contribution in [0.5, 0.6) is 0 Å². The van der Waals surface area contributed by atoms with Gasteiger partial charge in [-0.3, -0.25) is 0 Å². The lowest BCUT2D eigenvalue weighted by atomic mass is 10.3. The molecule has 0 aliphatic heterocycles. The number of aryl methyl sites for hydroxylation is 1. The van der Waals surface area contributed by atoms with E-state index in [0.29, 0.717) is 12.2 Å². The second kappa shape index (κ2) is 3.48. The molecule has 8 nitrogen and oxygen atoms in total. The van der Waals surface area contributed by atoms with Crippen molar-refractivity contribution in [3.05, 3.63) is 23.3 Å². The number of nitrogens with one attached hydrogen (secondary N) is 1. The highest BCUT2D eigenvalue weighted by Gasteiger charge is 2.10. The highest BCUT2D eigenvalue weighted by molar-refractivity contribution is 5.84. The van der Waals surface area contributed by atoms with Crippen LogP contribution in [0.4, 0.5) is 0 Å². The number of hydrogen-bond acceptors (Lipinski definition) is 5. The molecule has 0 radical (unpaired) electrons. The predicted molar refractivity (Wildman–Crippen MR) is 47.2 cm³/mol. The molecule has 0 saturated carbocycles. The Labute approximate surface area is 83.9 Å². The molecule has 0 aliphatic carbocycles. The smallest absolute Gasteiger partial charge is 0.358 e. The Balaban J connectivity index is 2.18. The quantitative estimate of drug-likeness (QED) is 0.700. The number of carbonyl (C=O) groups is 1. The summed E-state index contributed by atoms with van der Waals surface area (Å²) >= 11 is 0. The van der Waals surface area contributed by atoms with E-state index in [1.165, 1.54) is 10.9 Å². The van der Waals surface area contributed by atoms with Gasteiger partial charge in [0.2, 0.25) is 0 Å². The number of H-pyrrole nitrogens is 1. The molecule has 0 aromatic carbocycles. The zero-order valence-corrected chi connectivity index (χ0v) is 7.88. The molecule has 0 atom stereocenters. The lowest BCUT2D eigenvalue weighted by Crippen LogP contribution is -2.02. The fraction of sp³-hybridized carbons (Fsp3) is 0.286. The van der Waals surface area contributed by atoms with Crippen LogP contribution in [0.3, 0.4) is 0 Å². The van der Waals surface area contributed by atoms with Crippen molar-refractivity contribution < 1.29 is 9.90 Å². The molecule has 0 saturated heterocycles. The number of carboxylic acid groups (broad SMARTS) is 1. The molecule has 15 heavy (non-hydrogen) atoms. The number of hydrogen-bond donors (Lipinski definition) is 2. The van der Waals surface area contributed by atoms with Gasteiger partial charge in [-0.15, -0.1) is 5.10 Å². The van der Waals surface area contributed by atoms with Gasteiger partial charge in [0.25, 0.3) is 0 Å². The number of aromatic amines is 1. The van der Waals surface area contributed by atoms with Crippen LogP contribution in [0.15, 0.2) is 6.20 Å². The number of carboxylic acids is 1. The molecule has 0 aliphatic rings. The average molecular weight is 208 g/mol. The second-order valence-electron chi connectivity index (χ2n) is 2.96. The van der Waals surface area contributed by atoms with E-state index >= 15 is 0 Å². The maximum atomic E-state index is 10.5. The monoisotopic (exact) mass is 208 g/mol. The predicted octanol–water partition coefficient (Wildman–Crippen LogP) is -0.549. The summed E-state index contributed by atoms with van der Waals surface area (Å²) in [4.78, 5) is 10.5. The third-order valence-electron chi connectivity index (χ3n) is 1.89. The van der Waals surface area contributed by atoms with E-state index < -0.39 is 5.97 Å². The lowest BCUT2D eigenvalue weighted by Gasteiger charge is -1.95. The molecular weight excluding hydrogens is 200 g/mol. The van der Waals surface area contributed by atoms with Crippen LogP contribution in [0.2, 0.25) is 0 Å². The van der Waals surface area contributed by atoms with E-state index in [-0.39, 0.29) is 5.69 Å². The molecule has 2 N–H and O–H groups in total. The van der Waals surface area contributed by atoms with Crippen molar-refractivity contribution in [1.29, 1.82) is 0 Å². The molecule has 2 heterocycles. The normalized spacial score (nSPS) is 10.5. The van der Waals surface area contributed by atoms with Crippen LogP contribution in [0, 0.1) is 6.92 Å². The van der Waals surface area contributed by atoms with Crippen molar-refractivity contribution in [2.45, 2.75) is 13.5 Å². The van der Waals surface area contributed by atoms with E-state index in [1.54, 1.807) is 6.92 Å². The first-order valence-electron chi connectivity index (χ1n) is 4.16. The molecule has 8 heteroatoms. The lowest BCUT2D eigenvalue weighted by molar-refractivity contribution is 0.0690. The molecule has 0 bridgehead atoms. The van der Waals surface area contributed by atoms with Crippen LogP contribution in [0.25, 0.3) is 0 Å². The second-order valence-corrected chi connectivity index (χ2v) is 2.96. The summed E-state index contributed by atoms with van der Waals surface area (Å²) in [6.07, 6.45) is 1.34. The SMILES string of the molecule is Cc1n[nH]nc1Cn1cc(C(=O)O)nn1. The van der Waals surface area contributed by atoms with Gasteiger partial charge >= 0.3 is 5.97 Å². The largest absolute Gasteiger partial charge is 0.476 e. The third-order valence-corrected chi connectivity index (χ3v) is 1.89. The van der Waals surface area contributed by atoms with Crippen LogP contribution in [-0.2, 0) is 6.54 Å².